The minimum Gasteiger partial charge on any atom is -0.303 e. The summed E-state index contributed by atoms with van der Waals surface area (Å²) in [7, 11) is 0. The van der Waals surface area contributed by atoms with Crippen molar-refractivity contribution in [3.63, 3.8) is 0 Å². The van der Waals surface area contributed by atoms with Crippen molar-refractivity contribution in [2.24, 2.45) is 0 Å². The molecule has 0 amide bonds. The van der Waals surface area contributed by atoms with Crippen molar-refractivity contribution in [2.45, 2.75) is 19.8 Å². The summed E-state index contributed by atoms with van der Waals surface area (Å²) in [6.07, 6.45) is 5.88. The van der Waals surface area contributed by atoms with E-state index in [1.54, 1.807) is 6.20 Å². The molecule has 0 radical (unpaired) electrons. The Labute approximate surface area is 130 Å². The first kappa shape index (κ1) is 13.6. The molecule has 0 fully saturated rings. The van der Waals surface area contributed by atoms with Crippen molar-refractivity contribution in [2.75, 3.05) is 0 Å². The Hall–Kier alpha value is -1.39. The van der Waals surface area contributed by atoms with Crippen molar-refractivity contribution in [1.82, 2.24) is 14.4 Å². The molecule has 3 nitrogen and oxygen atoms in total. The van der Waals surface area contributed by atoms with Gasteiger partial charge in [-0.15, -0.1) is 0 Å². The van der Waals surface area contributed by atoms with Crippen LogP contribution in [0.2, 0.25) is 5.02 Å². The quantitative estimate of drug-likeness (QED) is 0.637. The van der Waals surface area contributed by atoms with Crippen LogP contribution in [0, 0.1) is 0 Å². The van der Waals surface area contributed by atoms with Gasteiger partial charge in [-0.2, -0.15) is 0 Å². The van der Waals surface area contributed by atoms with Gasteiger partial charge in [-0.05, 0) is 40.5 Å². The molecule has 3 aromatic heterocycles. The second-order valence-corrected chi connectivity index (χ2v) is 5.74. The molecule has 0 aromatic carbocycles. The lowest BCUT2D eigenvalue weighted by atomic mass is 10.1. The SMILES string of the molecule is CCCc1c(-c2cnc(Br)c(Cl)c2)nc2ccccn12. The highest BCUT2D eigenvalue weighted by Gasteiger charge is 2.14. The van der Waals surface area contributed by atoms with Gasteiger partial charge in [-0.3, -0.25) is 0 Å². The number of halogens is 2. The molecule has 0 spiro atoms. The van der Waals surface area contributed by atoms with Crippen LogP contribution in [-0.4, -0.2) is 14.4 Å². The lowest BCUT2D eigenvalue weighted by molar-refractivity contribution is 0.870. The molecule has 0 saturated heterocycles. The maximum absolute atomic E-state index is 6.15. The molecule has 3 aromatic rings. The van der Waals surface area contributed by atoms with Crippen LogP contribution in [0.15, 0.2) is 41.3 Å². The van der Waals surface area contributed by atoms with Crippen LogP contribution >= 0.6 is 27.5 Å². The molecule has 3 heterocycles. The van der Waals surface area contributed by atoms with E-state index >= 15 is 0 Å². The Morgan fingerprint density at radius 1 is 1.35 bits per heavy atom. The minimum atomic E-state index is 0.599. The van der Waals surface area contributed by atoms with Gasteiger partial charge >= 0.3 is 0 Å². The van der Waals surface area contributed by atoms with E-state index in [-0.39, 0.29) is 0 Å². The van der Waals surface area contributed by atoms with Crippen LogP contribution in [0.5, 0.6) is 0 Å². The van der Waals surface area contributed by atoms with Gasteiger partial charge in [0.05, 0.1) is 16.4 Å². The van der Waals surface area contributed by atoms with Crippen molar-refractivity contribution in [3.8, 4) is 11.3 Å². The Balaban J connectivity index is 2.23. The number of imidazole rings is 1. The highest BCUT2D eigenvalue weighted by atomic mass is 79.9. The van der Waals surface area contributed by atoms with E-state index in [0.717, 1.165) is 29.7 Å². The average Bonchev–Trinajstić information content (AvgIpc) is 2.82. The van der Waals surface area contributed by atoms with Crippen molar-refractivity contribution < 1.29 is 0 Å². The second-order valence-electron chi connectivity index (χ2n) is 4.58. The molecule has 0 saturated carbocycles. The van der Waals surface area contributed by atoms with Crippen LogP contribution in [-0.2, 0) is 6.42 Å². The number of nitrogens with zero attached hydrogens (tertiary/aromatic N) is 3. The summed E-state index contributed by atoms with van der Waals surface area (Å²) in [4.78, 5) is 8.98. The van der Waals surface area contributed by atoms with Crippen LogP contribution in [0.25, 0.3) is 16.9 Å². The van der Waals surface area contributed by atoms with E-state index in [1.807, 2.05) is 30.5 Å². The highest BCUT2D eigenvalue weighted by Crippen LogP contribution is 2.29. The topological polar surface area (TPSA) is 30.2 Å². The molecule has 0 aliphatic heterocycles. The molecule has 0 atom stereocenters. The summed E-state index contributed by atoms with van der Waals surface area (Å²) in [6, 6.07) is 7.93. The zero-order chi connectivity index (χ0) is 14.1. The average molecular weight is 351 g/mol. The molecule has 102 valence electrons. The van der Waals surface area contributed by atoms with Gasteiger partial charge < -0.3 is 4.40 Å². The third-order valence-corrected chi connectivity index (χ3v) is 4.33. The maximum Gasteiger partial charge on any atom is 0.137 e. The van der Waals surface area contributed by atoms with E-state index in [4.69, 9.17) is 16.6 Å². The third-order valence-electron chi connectivity index (χ3n) is 3.19. The molecule has 0 N–H and O–H groups in total. The van der Waals surface area contributed by atoms with Crippen LogP contribution in [0.1, 0.15) is 19.0 Å². The van der Waals surface area contributed by atoms with Gasteiger partial charge in [0.15, 0.2) is 0 Å². The maximum atomic E-state index is 6.15. The Bertz CT molecular complexity index is 767. The molecule has 3 rings (SSSR count). The zero-order valence-electron chi connectivity index (χ0n) is 11.0. The Kier molecular flexibility index (Phi) is 3.76. The fourth-order valence-corrected chi connectivity index (χ4v) is 2.69. The first-order valence-corrected chi connectivity index (χ1v) is 7.65. The second kappa shape index (κ2) is 5.54. The van der Waals surface area contributed by atoms with Crippen molar-refractivity contribution in [1.29, 1.82) is 0 Å². The van der Waals surface area contributed by atoms with E-state index in [1.165, 1.54) is 5.69 Å². The first-order valence-electron chi connectivity index (χ1n) is 6.48. The fourth-order valence-electron chi connectivity index (χ4n) is 2.30. The number of fused-ring (bicyclic) bond motifs is 1. The van der Waals surface area contributed by atoms with Gasteiger partial charge in [-0.1, -0.05) is 31.0 Å². The zero-order valence-corrected chi connectivity index (χ0v) is 13.3. The summed E-state index contributed by atoms with van der Waals surface area (Å²) in [5, 5.41) is 0.599. The number of hydrogen-bond acceptors (Lipinski definition) is 2. The summed E-state index contributed by atoms with van der Waals surface area (Å²) in [5.74, 6) is 0. The van der Waals surface area contributed by atoms with Gasteiger partial charge in [0, 0.05) is 18.0 Å². The summed E-state index contributed by atoms with van der Waals surface area (Å²) in [6.45, 7) is 2.17. The van der Waals surface area contributed by atoms with Gasteiger partial charge in [0.2, 0.25) is 0 Å². The van der Waals surface area contributed by atoms with E-state index < -0.39 is 0 Å². The molecule has 20 heavy (non-hydrogen) atoms. The smallest absolute Gasteiger partial charge is 0.137 e. The van der Waals surface area contributed by atoms with E-state index in [2.05, 4.69) is 32.2 Å². The monoisotopic (exact) mass is 349 g/mol. The predicted octanol–water partition coefficient (Wildman–Crippen LogP) is 4.76. The van der Waals surface area contributed by atoms with Crippen LogP contribution in [0.3, 0.4) is 0 Å². The summed E-state index contributed by atoms with van der Waals surface area (Å²) in [5.41, 5.74) is 4.05. The predicted molar refractivity (Wildman–Crippen MR) is 85.1 cm³/mol. The molecule has 5 heteroatoms. The van der Waals surface area contributed by atoms with Crippen molar-refractivity contribution in [3.05, 3.63) is 52.0 Å². The Morgan fingerprint density at radius 2 is 2.20 bits per heavy atom. The van der Waals surface area contributed by atoms with Crippen LogP contribution < -0.4 is 0 Å². The summed E-state index contributed by atoms with van der Waals surface area (Å²) < 4.78 is 2.79. The minimum absolute atomic E-state index is 0.599. The van der Waals surface area contributed by atoms with Crippen molar-refractivity contribution >= 4 is 33.2 Å². The molecular weight excluding hydrogens is 338 g/mol. The number of aromatic nitrogens is 3. The first-order chi connectivity index (χ1) is 9.70. The molecule has 0 aliphatic carbocycles. The molecule has 0 aliphatic rings. The molecular formula is C15H13BrClN3. The normalized spacial score (nSPS) is 11.2. The van der Waals surface area contributed by atoms with E-state index in [9.17, 15) is 0 Å². The number of aryl methyl sites for hydroxylation is 1. The number of rotatable bonds is 3. The standard InChI is InChI=1S/C15H13BrClN3/c1-2-5-12-14(10-8-11(17)15(16)18-9-10)19-13-6-3-4-7-20(12)13/h3-4,6-9H,2,5H2,1H3. The number of hydrogen-bond donors (Lipinski definition) is 0. The Morgan fingerprint density at radius 3 is 2.95 bits per heavy atom. The highest BCUT2D eigenvalue weighted by molar-refractivity contribution is 9.10. The molecule has 0 unspecified atom stereocenters. The number of pyridine rings is 2. The lowest BCUT2D eigenvalue weighted by Gasteiger charge is -2.04. The summed E-state index contributed by atoms with van der Waals surface area (Å²) >= 11 is 9.47. The van der Waals surface area contributed by atoms with Crippen LogP contribution in [0.4, 0.5) is 0 Å². The van der Waals surface area contributed by atoms with E-state index in [0.29, 0.717) is 9.63 Å². The van der Waals surface area contributed by atoms with Gasteiger partial charge in [-0.25, -0.2) is 9.97 Å². The third kappa shape index (κ3) is 2.34. The van der Waals surface area contributed by atoms with Gasteiger partial charge in [0.1, 0.15) is 10.3 Å². The molecule has 0 bridgehead atoms. The fraction of sp³-hybridized carbons (Fsp3) is 0.200. The lowest BCUT2D eigenvalue weighted by Crippen LogP contribution is -1.94. The van der Waals surface area contributed by atoms with Gasteiger partial charge in [0.25, 0.3) is 0 Å². The largest absolute Gasteiger partial charge is 0.303 e.